The molecule has 0 aliphatic rings. The van der Waals surface area contributed by atoms with E-state index in [2.05, 4.69) is 67.4 Å². The fourth-order valence-electron chi connectivity index (χ4n) is 3.29. The van der Waals surface area contributed by atoms with Crippen molar-refractivity contribution in [2.24, 2.45) is 0 Å². The number of likely N-dealkylation sites (N-methyl/N-ethyl adjacent to an activating group) is 1. The summed E-state index contributed by atoms with van der Waals surface area (Å²) in [6, 6.07) is 16.5. The normalized spacial score (nSPS) is 11.4. The molecular weight excluding hydrogens is 386 g/mol. The molecule has 0 aliphatic heterocycles. The maximum Gasteiger partial charge on any atom is 0.151 e. The lowest BCUT2D eigenvalue weighted by Crippen LogP contribution is -2.45. The Labute approximate surface area is 185 Å². The molecule has 0 spiro atoms. The second-order valence-electron chi connectivity index (χ2n) is 8.38. The van der Waals surface area contributed by atoms with Gasteiger partial charge < -0.3 is 19.9 Å². The minimum absolute atomic E-state index is 0.0324. The third-order valence-corrected chi connectivity index (χ3v) is 5.61. The number of benzene rings is 2. The number of methoxy groups -OCH3 is 1. The Morgan fingerprint density at radius 2 is 1.71 bits per heavy atom. The van der Waals surface area contributed by atoms with Gasteiger partial charge in [0, 0.05) is 29.8 Å². The summed E-state index contributed by atoms with van der Waals surface area (Å²) in [5.74, 6) is 1.61. The molecule has 0 amide bonds. The maximum absolute atomic E-state index is 5.85. The van der Waals surface area contributed by atoms with E-state index in [9.17, 15) is 0 Å². The molecular formula is C26H33N3O2. The first-order valence-corrected chi connectivity index (χ1v) is 10.7. The van der Waals surface area contributed by atoms with Crippen LogP contribution in [0.3, 0.4) is 0 Å². The van der Waals surface area contributed by atoms with Crippen molar-refractivity contribution in [2.75, 3.05) is 20.7 Å². The van der Waals surface area contributed by atoms with E-state index in [1.807, 2.05) is 31.3 Å². The molecule has 0 aliphatic carbocycles. The largest absolute Gasteiger partial charge is 0.497 e. The van der Waals surface area contributed by atoms with Crippen molar-refractivity contribution in [3.05, 3.63) is 72.1 Å². The van der Waals surface area contributed by atoms with Crippen LogP contribution in [0, 0.1) is 0 Å². The minimum atomic E-state index is -0.0324. The average molecular weight is 420 g/mol. The van der Waals surface area contributed by atoms with E-state index in [1.165, 1.54) is 5.56 Å². The van der Waals surface area contributed by atoms with Gasteiger partial charge in [0.1, 0.15) is 11.4 Å². The first-order chi connectivity index (χ1) is 14.9. The van der Waals surface area contributed by atoms with Gasteiger partial charge in [0.05, 0.1) is 12.7 Å². The van der Waals surface area contributed by atoms with Crippen LogP contribution >= 0.6 is 0 Å². The second kappa shape index (κ2) is 9.84. The van der Waals surface area contributed by atoms with Crippen LogP contribution in [-0.4, -0.2) is 31.4 Å². The summed E-state index contributed by atoms with van der Waals surface area (Å²) in [5, 5.41) is 11.2. The summed E-state index contributed by atoms with van der Waals surface area (Å²) in [4.78, 5) is 0. The first-order valence-electron chi connectivity index (χ1n) is 10.7. The quantitative estimate of drug-likeness (QED) is 0.472. The molecule has 5 nitrogen and oxygen atoms in total. The number of hydrogen-bond donors (Lipinski definition) is 2. The predicted octanol–water partition coefficient (Wildman–Crippen LogP) is 5.22. The van der Waals surface area contributed by atoms with Gasteiger partial charge in [-0.05, 0) is 50.6 Å². The van der Waals surface area contributed by atoms with Gasteiger partial charge in [-0.25, -0.2) is 0 Å². The van der Waals surface area contributed by atoms with Crippen LogP contribution in [0.25, 0.3) is 22.4 Å². The fraction of sp³-hybridized carbons (Fsp3) is 0.346. The van der Waals surface area contributed by atoms with Crippen molar-refractivity contribution < 1.29 is 9.26 Å². The van der Waals surface area contributed by atoms with Crippen molar-refractivity contribution in [3.63, 3.8) is 0 Å². The lowest BCUT2D eigenvalue weighted by atomic mass is 9.96. The molecule has 164 valence electrons. The molecule has 1 heterocycles. The Morgan fingerprint density at radius 3 is 2.29 bits per heavy atom. The third kappa shape index (κ3) is 5.56. The predicted molar refractivity (Wildman–Crippen MR) is 127 cm³/mol. The van der Waals surface area contributed by atoms with Crippen molar-refractivity contribution in [1.29, 1.82) is 0 Å². The lowest BCUT2D eigenvalue weighted by Gasteiger charge is -2.25. The van der Waals surface area contributed by atoms with E-state index in [0.29, 0.717) is 6.42 Å². The highest BCUT2D eigenvalue weighted by Crippen LogP contribution is 2.36. The van der Waals surface area contributed by atoms with Crippen LogP contribution in [0.2, 0.25) is 0 Å². The minimum Gasteiger partial charge on any atom is -0.497 e. The number of allylic oxidation sites excluding steroid dienone is 1. The van der Waals surface area contributed by atoms with E-state index in [0.717, 1.165) is 52.6 Å². The number of ether oxygens (including phenoxy) is 1. The summed E-state index contributed by atoms with van der Waals surface area (Å²) in [6.45, 7) is 11.4. The van der Waals surface area contributed by atoms with Gasteiger partial charge in [0.25, 0.3) is 0 Å². The SMILES string of the molecule is C=C(Cc1onc(-c2ccc(CC)cc2)c1-c1ccc(OC)cc1)NCC(C)(C)NC. The molecule has 0 unspecified atom stereocenters. The highest BCUT2D eigenvalue weighted by Gasteiger charge is 2.21. The Hall–Kier alpha value is -3.05. The molecule has 0 atom stereocenters. The second-order valence-corrected chi connectivity index (χ2v) is 8.38. The zero-order valence-electron chi connectivity index (χ0n) is 19.2. The molecule has 0 radical (unpaired) electrons. The number of hydrogen-bond acceptors (Lipinski definition) is 5. The molecule has 0 bridgehead atoms. The van der Waals surface area contributed by atoms with Gasteiger partial charge in [-0.15, -0.1) is 0 Å². The highest BCUT2D eigenvalue weighted by molar-refractivity contribution is 5.82. The topological polar surface area (TPSA) is 59.3 Å². The molecule has 3 rings (SSSR count). The Kier molecular flexibility index (Phi) is 7.18. The summed E-state index contributed by atoms with van der Waals surface area (Å²) in [6.07, 6.45) is 1.56. The van der Waals surface area contributed by atoms with Gasteiger partial charge in [0.2, 0.25) is 0 Å². The number of aromatic nitrogens is 1. The number of aryl methyl sites for hydroxylation is 1. The standard InChI is InChI=1S/C26H33N3O2/c1-7-19-8-10-21(11-9-19)25-24(20-12-14-22(30-6)15-13-20)23(31-29-25)16-18(2)28-17-26(3,4)27-5/h8-15,27-28H,2,7,16-17H2,1,3-6H3. The van der Waals surface area contributed by atoms with Crippen molar-refractivity contribution in [2.45, 2.75) is 39.2 Å². The summed E-state index contributed by atoms with van der Waals surface area (Å²) >= 11 is 0. The Bertz CT molecular complexity index is 1000. The molecule has 0 fully saturated rings. The van der Waals surface area contributed by atoms with Crippen LogP contribution in [0.5, 0.6) is 5.75 Å². The summed E-state index contributed by atoms with van der Waals surface area (Å²) < 4.78 is 11.2. The van der Waals surface area contributed by atoms with Crippen LogP contribution in [0.4, 0.5) is 0 Å². The van der Waals surface area contributed by atoms with Crippen molar-refractivity contribution >= 4 is 0 Å². The molecule has 0 saturated heterocycles. The number of nitrogens with one attached hydrogen (secondary N) is 2. The fourth-order valence-corrected chi connectivity index (χ4v) is 3.29. The molecule has 5 heteroatoms. The smallest absolute Gasteiger partial charge is 0.151 e. The molecule has 1 aromatic heterocycles. The van der Waals surface area contributed by atoms with Gasteiger partial charge >= 0.3 is 0 Å². The Morgan fingerprint density at radius 1 is 1.06 bits per heavy atom. The van der Waals surface area contributed by atoms with Gasteiger partial charge in [-0.1, -0.05) is 55.1 Å². The molecule has 2 aromatic carbocycles. The summed E-state index contributed by atoms with van der Waals surface area (Å²) in [5.41, 5.74) is 6.05. The third-order valence-electron chi connectivity index (χ3n) is 5.61. The molecule has 31 heavy (non-hydrogen) atoms. The zero-order chi connectivity index (χ0) is 22.4. The zero-order valence-corrected chi connectivity index (χ0v) is 19.2. The van der Waals surface area contributed by atoms with Crippen LogP contribution in [-0.2, 0) is 12.8 Å². The van der Waals surface area contributed by atoms with Gasteiger partial charge in [-0.2, -0.15) is 0 Å². The van der Waals surface area contributed by atoms with E-state index in [-0.39, 0.29) is 5.54 Å². The van der Waals surface area contributed by atoms with Gasteiger partial charge in [-0.3, -0.25) is 0 Å². The van der Waals surface area contributed by atoms with E-state index >= 15 is 0 Å². The summed E-state index contributed by atoms with van der Waals surface area (Å²) in [7, 11) is 3.63. The first kappa shape index (κ1) is 22.6. The lowest BCUT2D eigenvalue weighted by molar-refractivity contribution is 0.382. The maximum atomic E-state index is 5.85. The van der Waals surface area contributed by atoms with E-state index in [4.69, 9.17) is 9.26 Å². The monoisotopic (exact) mass is 419 g/mol. The van der Waals surface area contributed by atoms with E-state index in [1.54, 1.807) is 7.11 Å². The average Bonchev–Trinajstić information content (AvgIpc) is 3.21. The van der Waals surface area contributed by atoms with Gasteiger partial charge in [0.15, 0.2) is 5.76 Å². The van der Waals surface area contributed by atoms with E-state index < -0.39 is 0 Å². The van der Waals surface area contributed by atoms with Crippen LogP contribution in [0.15, 0.2) is 65.3 Å². The number of nitrogens with zero attached hydrogens (tertiary/aromatic N) is 1. The van der Waals surface area contributed by atoms with Crippen molar-refractivity contribution in [3.8, 4) is 28.1 Å². The Balaban J connectivity index is 1.94. The molecule has 3 aromatic rings. The highest BCUT2D eigenvalue weighted by atomic mass is 16.5. The van der Waals surface area contributed by atoms with Crippen LogP contribution < -0.4 is 15.4 Å². The number of rotatable bonds is 10. The van der Waals surface area contributed by atoms with Crippen LogP contribution in [0.1, 0.15) is 32.1 Å². The van der Waals surface area contributed by atoms with Crippen molar-refractivity contribution in [1.82, 2.24) is 15.8 Å². The molecule has 0 saturated carbocycles. The molecule has 2 N–H and O–H groups in total.